The number of thioether (sulfide) groups is 1. The van der Waals surface area contributed by atoms with Crippen molar-refractivity contribution in [3.05, 3.63) is 90.3 Å². The molecular formula is C26H28N6O3S2. The second-order valence-electron chi connectivity index (χ2n) is 8.10. The van der Waals surface area contributed by atoms with Crippen molar-refractivity contribution in [2.24, 2.45) is 0 Å². The first-order chi connectivity index (χ1) is 17.9. The van der Waals surface area contributed by atoms with E-state index in [1.54, 1.807) is 19.1 Å². The number of benzene rings is 3. The number of anilines is 2. The zero-order valence-electron chi connectivity index (χ0n) is 20.5. The Morgan fingerprint density at radius 1 is 0.946 bits per heavy atom. The lowest BCUT2D eigenvalue weighted by Crippen LogP contribution is -2.23. The minimum atomic E-state index is -3.55. The Hall–Kier alpha value is -3.67. The van der Waals surface area contributed by atoms with Gasteiger partial charge in [-0.15, -0.1) is 10.2 Å². The summed E-state index contributed by atoms with van der Waals surface area (Å²) in [5.74, 6) is 0.581. The predicted octanol–water partition coefficient (Wildman–Crippen LogP) is 4.22. The number of nitrogens with one attached hydrogen (secondary N) is 3. The maximum Gasteiger partial charge on any atom is 0.240 e. The zero-order valence-corrected chi connectivity index (χ0v) is 22.1. The molecule has 192 valence electrons. The molecule has 0 unspecified atom stereocenters. The summed E-state index contributed by atoms with van der Waals surface area (Å²) in [5.41, 5.74) is 3.55. The Morgan fingerprint density at radius 2 is 1.65 bits per heavy atom. The molecule has 11 heteroatoms. The lowest BCUT2D eigenvalue weighted by atomic mass is 10.2. The summed E-state index contributed by atoms with van der Waals surface area (Å²) >= 11 is 1.27. The minimum Gasteiger partial charge on any atom is -0.378 e. The number of amides is 1. The summed E-state index contributed by atoms with van der Waals surface area (Å²) < 4.78 is 28.6. The van der Waals surface area contributed by atoms with Crippen LogP contribution in [-0.2, 0) is 21.4 Å². The van der Waals surface area contributed by atoms with Gasteiger partial charge in [-0.1, -0.05) is 55.1 Å². The lowest BCUT2D eigenvalue weighted by molar-refractivity contribution is -0.113. The van der Waals surface area contributed by atoms with Gasteiger partial charge in [0.15, 0.2) is 11.0 Å². The van der Waals surface area contributed by atoms with Crippen LogP contribution < -0.4 is 15.4 Å². The third-order valence-corrected chi connectivity index (χ3v) is 7.90. The zero-order chi connectivity index (χ0) is 26.3. The summed E-state index contributed by atoms with van der Waals surface area (Å²) in [6.45, 7) is 4.52. The van der Waals surface area contributed by atoms with Crippen LogP contribution in [0, 0.1) is 6.92 Å². The maximum absolute atomic E-state index is 12.6. The van der Waals surface area contributed by atoms with Crippen molar-refractivity contribution in [3.8, 4) is 5.69 Å². The van der Waals surface area contributed by atoms with Gasteiger partial charge in [0.05, 0.1) is 17.2 Å². The molecule has 0 spiro atoms. The van der Waals surface area contributed by atoms with E-state index >= 15 is 0 Å². The average Bonchev–Trinajstić information content (AvgIpc) is 3.30. The van der Waals surface area contributed by atoms with Crippen LogP contribution in [0.4, 0.5) is 11.4 Å². The van der Waals surface area contributed by atoms with Gasteiger partial charge < -0.3 is 10.6 Å². The van der Waals surface area contributed by atoms with Gasteiger partial charge >= 0.3 is 0 Å². The molecule has 4 rings (SSSR count). The fraction of sp³-hybridized carbons (Fsp3) is 0.192. The van der Waals surface area contributed by atoms with Crippen molar-refractivity contribution in [3.63, 3.8) is 0 Å². The van der Waals surface area contributed by atoms with Crippen molar-refractivity contribution in [2.45, 2.75) is 30.4 Å². The Kier molecular flexibility index (Phi) is 8.59. The van der Waals surface area contributed by atoms with Crippen LogP contribution in [-0.4, -0.2) is 41.4 Å². The van der Waals surface area contributed by atoms with Gasteiger partial charge in [-0.2, -0.15) is 0 Å². The summed E-state index contributed by atoms with van der Waals surface area (Å²) in [6, 6.07) is 23.8. The summed E-state index contributed by atoms with van der Waals surface area (Å²) in [7, 11) is -3.55. The molecule has 0 radical (unpaired) electrons. The number of rotatable bonds is 11. The molecule has 4 aromatic rings. The Labute approximate surface area is 220 Å². The van der Waals surface area contributed by atoms with Crippen LogP contribution in [0.3, 0.4) is 0 Å². The van der Waals surface area contributed by atoms with E-state index in [4.69, 9.17) is 0 Å². The van der Waals surface area contributed by atoms with E-state index in [0.29, 0.717) is 23.9 Å². The molecule has 0 fully saturated rings. The Balaban J connectivity index is 1.44. The minimum absolute atomic E-state index is 0.105. The first-order valence-electron chi connectivity index (χ1n) is 11.7. The molecule has 9 nitrogen and oxygen atoms in total. The largest absolute Gasteiger partial charge is 0.378 e. The number of carbonyl (C=O) groups excluding carboxylic acids is 1. The molecule has 0 saturated heterocycles. The number of hydrogen-bond acceptors (Lipinski definition) is 7. The fourth-order valence-corrected chi connectivity index (χ4v) is 5.42. The number of nitrogens with zero attached hydrogens (tertiary/aromatic N) is 3. The van der Waals surface area contributed by atoms with E-state index in [9.17, 15) is 13.2 Å². The van der Waals surface area contributed by atoms with E-state index in [0.717, 1.165) is 22.8 Å². The Morgan fingerprint density at radius 3 is 2.35 bits per heavy atom. The number of carbonyl (C=O) groups is 1. The maximum atomic E-state index is 12.6. The number of para-hydroxylation sites is 2. The molecule has 1 amide bonds. The highest BCUT2D eigenvalue weighted by Crippen LogP contribution is 2.24. The van der Waals surface area contributed by atoms with Crippen molar-refractivity contribution in [2.75, 3.05) is 22.9 Å². The van der Waals surface area contributed by atoms with Crippen molar-refractivity contribution in [1.82, 2.24) is 19.5 Å². The smallest absolute Gasteiger partial charge is 0.240 e. The van der Waals surface area contributed by atoms with Gasteiger partial charge in [-0.3, -0.25) is 9.36 Å². The van der Waals surface area contributed by atoms with E-state index in [2.05, 4.69) is 25.6 Å². The number of hydrogen-bond donors (Lipinski definition) is 3. The SMILES string of the molecule is CCNS(=O)(=O)c1ccc(NC(=O)CSc2nnc(CNc3ccccc3C)n2-c2ccccc2)cc1. The monoisotopic (exact) mass is 536 g/mol. The van der Waals surface area contributed by atoms with E-state index in [-0.39, 0.29) is 16.6 Å². The highest BCUT2D eigenvalue weighted by Gasteiger charge is 2.17. The van der Waals surface area contributed by atoms with Gasteiger partial charge in [0.25, 0.3) is 0 Å². The van der Waals surface area contributed by atoms with Crippen molar-refractivity contribution in [1.29, 1.82) is 0 Å². The normalized spacial score (nSPS) is 11.3. The van der Waals surface area contributed by atoms with E-state index in [1.807, 2.05) is 66.1 Å². The summed E-state index contributed by atoms with van der Waals surface area (Å²) in [6.07, 6.45) is 0. The van der Waals surface area contributed by atoms with Crippen LogP contribution in [0.2, 0.25) is 0 Å². The van der Waals surface area contributed by atoms with Gasteiger partial charge in [-0.05, 0) is 55.0 Å². The molecule has 3 aromatic carbocycles. The van der Waals surface area contributed by atoms with Crippen LogP contribution >= 0.6 is 11.8 Å². The fourth-order valence-electron chi connectivity index (χ4n) is 3.61. The average molecular weight is 537 g/mol. The van der Waals surface area contributed by atoms with Gasteiger partial charge in [0.2, 0.25) is 15.9 Å². The number of sulfonamides is 1. The van der Waals surface area contributed by atoms with Crippen molar-refractivity contribution < 1.29 is 13.2 Å². The third kappa shape index (κ3) is 6.76. The third-order valence-electron chi connectivity index (χ3n) is 5.41. The van der Waals surface area contributed by atoms with Crippen LogP contribution in [0.5, 0.6) is 0 Å². The number of aromatic nitrogens is 3. The second kappa shape index (κ2) is 12.0. The molecule has 0 atom stereocenters. The van der Waals surface area contributed by atoms with Gasteiger partial charge in [-0.25, -0.2) is 13.1 Å². The van der Waals surface area contributed by atoms with Gasteiger partial charge in [0.1, 0.15) is 0 Å². The predicted molar refractivity (Wildman–Crippen MR) is 147 cm³/mol. The topological polar surface area (TPSA) is 118 Å². The van der Waals surface area contributed by atoms with Crippen LogP contribution in [0.25, 0.3) is 5.69 Å². The molecule has 0 aliphatic heterocycles. The van der Waals surface area contributed by atoms with Gasteiger partial charge in [0, 0.05) is 23.6 Å². The quantitative estimate of drug-likeness (QED) is 0.246. The molecule has 0 aliphatic carbocycles. The second-order valence-corrected chi connectivity index (χ2v) is 10.8. The molecule has 1 heterocycles. The molecule has 0 aliphatic rings. The van der Waals surface area contributed by atoms with E-state index in [1.165, 1.54) is 23.9 Å². The molecule has 1 aromatic heterocycles. The lowest BCUT2D eigenvalue weighted by Gasteiger charge is -2.12. The highest BCUT2D eigenvalue weighted by atomic mass is 32.2. The number of aryl methyl sites for hydroxylation is 1. The first-order valence-corrected chi connectivity index (χ1v) is 14.2. The Bertz CT molecular complexity index is 1460. The molecule has 3 N–H and O–H groups in total. The molecular weight excluding hydrogens is 508 g/mol. The van der Waals surface area contributed by atoms with Crippen molar-refractivity contribution >= 4 is 39.1 Å². The molecule has 0 saturated carbocycles. The summed E-state index contributed by atoms with van der Waals surface area (Å²) in [5, 5.41) is 15.5. The standard InChI is InChI=1S/C26H28N6O3S2/c1-3-28-37(34,35)22-15-13-20(14-16-22)29-25(33)18-36-26-31-30-24(32(26)21-10-5-4-6-11-21)17-27-23-12-8-7-9-19(23)2/h4-16,27-28H,3,17-18H2,1-2H3,(H,29,33). The van der Waals surface area contributed by atoms with E-state index < -0.39 is 10.0 Å². The summed E-state index contributed by atoms with van der Waals surface area (Å²) in [4.78, 5) is 12.8. The van der Waals surface area contributed by atoms with Crippen LogP contribution in [0.1, 0.15) is 18.3 Å². The molecule has 37 heavy (non-hydrogen) atoms. The van der Waals surface area contributed by atoms with Crippen LogP contribution in [0.15, 0.2) is 88.9 Å². The molecule has 0 bridgehead atoms. The highest BCUT2D eigenvalue weighted by molar-refractivity contribution is 7.99. The first kappa shape index (κ1) is 26.4.